The Hall–Kier alpha value is -0.960. The van der Waals surface area contributed by atoms with Gasteiger partial charge in [0.15, 0.2) is 5.82 Å². The fourth-order valence-corrected chi connectivity index (χ4v) is 1.14. The van der Waals surface area contributed by atoms with E-state index in [9.17, 15) is 4.39 Å². The van der Waals surface area contributed by atoms with E-state index < -0.39 is 5.82 Å². The van der Waals surface area contributed by atoms with E-state index >= 15 is 0 Å². The lowest BCUT2D eigenvalue weighted by Crippen LogP contribution is -2.00. The van der Waals surface area contributed by atoms with Crippen LogP contribution in [0, 0.1) is 12.7 Å². The highest BCUT2D eigenvalue weighted by atomic mass is 35.5. The first kappa shape index (κ1) is 9.13. The average molecular weight is 189 g/mol. The second-order valence-corrected chi connectivity index (χ2v) is 2.92. The summed E-state index contributed by atoms with van der Waals surface area (Å²) in [6, 6.07) is 1.61. The zero-order chi connectivity index (χ0) is 9.30. The zero-order valence-electron chi connectivity index (χ0n) is 6.91. The van der Waals surface area contributed by atoms with Gasteiger partial charge in [0.25, 0.3) is 0 Å². The SMILES string of the molecule is CNc1cc(Cl)c(C)c(F)c1N. The Labute approximate surface area is 75.5 Å². The molecular formula is C8H10ClFN2. The van der Waals surface area contributed by atoms with Gasteiger partial charge in [0.1, 0.15) is 0 Å². The number of hydrogen-bond donors (Lipinski definition) is 2. The smallest absolute Gasteiger partial charge is 0.152 e. The maximum absolute atomic E-state index is 13.2. The molecule has 0 unspecified atom stereocenters. The largest absolute Gasteiger partial charge is 0.395 e. The highest BCUT2D eigenvalue weighted by molar-refractivity contribution is 6.31. The third-order valence-electron chi connectivity index (χ3n) is 1.75. The molecule has 0 aliphatic carbocycles. The first-order valence-corrected chi connectivity index (χ1v) is 3.87. The van der Waals surface area contributed by atoms with E-state index in [4.69, 9.17) is 17.3 Å². The topological polar surface area (TPSA) is 38.0 Å². The highest BCUT2D eigenvalue weighted by Crippen LogP contribution is 2.30. The molecule has 0 saturated carbocycles. The van der Waals surface area contributed by atoms with Crippen molar-refractivity contribution in [2.45, 2.75) is 6.92 Å². The zero-order valence-corrected chi connectivity index (χ0v) is 7.67. The summed E-state index contributed by atoms with van der Waals surface area (Å²) in [7, 11) is 1.66. The minimum absolute atomic E-state index is 0.111. The number of anilines is 2. The van der Waals surface area contributed by atoms with Gasteiger partial charge >= 0.3 is 0 Å². The van der Waals surface area contributed by atoms with Gasteiger partial charge in [-0.25, -0.2) is 4.39 Å². The van der Waals surface area contributed by atoms with Crippen molar-refractivity contribution in [1.82, 2.24) is 0 Å². The lowest BCUT2D eigenvalue weighted by atomic mass is 10.2. The monoisotopic (exact) mass is 188 g/mol. The van der Waals surface area contributed by atoms with Gasteiger partial charge in [-0.15, -0.1) is 0 Å². The van der Waals surface area contributed by atoms with Crippen LogP contribution in [0.15, 0.2) is 6.07 Å². The van der Waals surface area contributed by atoms with Crippen molar-refractivity contribution >= 4 is 23.0 Å². The summed E-state index contributed by atoms with van der Waals surface area (Å²) < 4.78 is 13.2. The Morgan fingerprint density at radius 3 is 2.67 bits per heavy atom. The van der Waals surface area contributed by atoms with Gasteiger partial charge < -0.3 is 11.1 Å². The maximum Gasteiger partial charge on any atom is 0.152 e. The Balaban J connectivity index is 3.39. The van der Waals surface area contributed by atoms with Crippen LogP contribution in [0.25, 0.3) is 0 Å². The second-order valence-electron chi connectivity index (χ2n) is 2.51. The van der Waals surface area contributed by atoms with E-state index in [1.165, 1.54) is 0 Å². The van der Waals surface area contributed by atoms with Gasteiger partial charge in [-0.1, -0.05) is 11.6 Å². The summed E-state index contributed by atoms with van der Waals surface area (Å²) in [5.74, 6) is -0.452. The number of rotatable bonds is 1. The number of nitrogens with one attached hydrogen (secondary N) is 1. The van der Waals surface area contributed by atoms with E-state index in [0.717, 1.165) is 0 Å². The summed E-state index contributed by atoms with van der Waals surface area (Å²) in [5.41, 5.74) is 6.48. The Bertz CT molecular complexity index is 312. The van der Waals surface area contributed by atoms with Crippen molar-refractivity contribution in [3.8, 4) is 0 Å². The van der Waals surface area contributed by atoms with Crippen LogP contribution in [-0.2, 0) is 0 Å². The summed E-state index contributed by atoms with van der Waals surface area (Å²) >= 11 is 5.73. The normalized spacial score (nSPS) is 10.0. The molecule has 12 heavy (non-hydrogen) atoms. The molecule has 0 fully saturated rings. The molecule has 0 heterocycles. The molecule has 0 aliphatic rings. The highest BCUT2D eigenvalue weighted by Gasteiger charge is 2.10. The quantitative estimate of drug-likeness (QED) is 0.665. The van der Waals surface area contributed by atoms with Crippen LogP contribution in [0.2, 0.25) is 5.02 Å². The lowest BCUT2D eigenvalue weighted by molar-refractivity contribution is 0.624. The molecule has 1 aromatic rings. The van der Waals surface area contributed by atoms with E-state index in [0.29, 0.717) is 16.3 Å². The van der Waals surface area contributed by atoms with Crippen molar-refractivity contribution < 1.29 is 4.39 Å². The first-order valence-electron chi connectivity index (χ1n) is 3.49. The summed E-state index contributed by atoms with van der Waals surface area (Å²) in [4.78, 5) is 0. The molecule has 1 rings (SSSR count). The third-order valence-corrected chi connectivity index (χ3v) is 2.15. The Kier molecular flexibility index (Phi) is 2.43. The fourth-order valence-electron chi connectivity index (χ4n) is 0.945. The predicted molar refractivity (Wildman–Crippen MR) is 50.1 cm³/mol. The molecule has 1 aromatic carbocycles. The molecule has 0 saturated heterocycles. The molecule has 4 heteroatoms. The van der Waals surface area contributed by atoms with Crippen molar-refractivity contribution in [2.75, 3.05) is 18.1 Å². The third kappa shape index (κ3) is 1.32. The molecule has 0 radical (unpaired) electrons. The Morgan fingerprint density at radius 1 is 1.58 bits per heavy atom. The number of benzene rings is 1. The van der Waals surface area contributed by atoms with Gasteiger partial charge in [-0.2, -0.15) is 0 Å². The number of nitrogen functional groups attached to an aromatic ring is 1. The molecule has 0 aromatic heterocycles. The van der Waals surface area contributed by atoms with Crippen LogP contribution in [0.4, 0.5) is 15.8 Å². The van der Waals surface area contributed by atoms with Crippen LogP contribution >= 0.6 is 11.6 Å². The van der Waals surface area contributed by atoms with E-state index in [-0.39, 0.29) is 5.69 Å². The summed E-state index contributed by atoms with van der Waals surface area (Å²) in [6.07, 6.45) is 0. The summed E-state index contributed by atoms with van der Waals surface area (Å²) in [6.45, 7) is 1.59. The first-order chi connectivity index (χ1) is 5.57. The van der Waals surface area contributed by atoms with Gasteiger partial charge in [0.2, 0.25) is 0 Å². The molecule has 0 amide bonds. The fraction of sp³-hybridized carbons (Fsp3) is 0.250. The minimum Gasteiger partial charge on any atom is -0.395 e. The second kappa shape index (κ2) is 3.19. The van der Waals surface area contributed by atoms with Crippen molar-refractivity contribution in [3.05, 3.63) is 22.5 Å². The van der Waals surface area contributed by atoms with Crippen LogP contribution in [0.1, 0.15) is 5.56 Å². The summed E-state index contributed by atoms with van der Waals surface area (Å²) in [5, 5.41) is 3.14. The number of nitrogens with two attached hydrogens (primary N) is 1. The van der Waals surface area contributed by atoms with Gasteiger partial charge in [-0.3, -0.25) is 0 Å². The van der Waals surface area contributed by atoms with Gasteiger partial charge in [0, 0.05) is 17.6 Å². The maximum atomic E-state index is 13.2. The molecular weight excluding hydrogens is 179 g/mol. The molecule has 2 nitrogen and oxygen atoms in total. The van der Waals surface area contributed by atoms with Crippen molar-refractivity contribution in [1.29, 1.82) is 0 Å². The van der Waals surface area contributed by atoms with Crippen molar-refractivity contribution in [2.24, 2.45) is 0 Å². The molecule has 0 bridgehead atoms. The van der Waals surface area contributed by atoms with Gasteiger partial charge in [0.05, 0.1) is 11.4 Å². The van der Waals surface area contributed by atoms with E-state index in [1.54, 1.807) is 20.0 Å². The number of hydrogen-bond acceptors (Lipinski definition) is 2. The molecule has 0 spiro atoms. The molecule has 0 atom stereocenters. The van der Waals surface area contributed by atoms with E-state index in [1.807, 2.05) is 0 Å². The Morgan fingerprint density at radius 2 is 2.17 bits per heavy atom. The molecule has 66 valence electrons. The molecule has 3 N–H and O–H groups in total. The van der Waals surface area contributed by atoms with Crippen LogP contribution in [-0.4, -0.2) is 7.05 Å². The van der Waals surface area contributed by atoms with E-state index in [2.05, 4.69) is 5.32 Å². The minimum atomic E-state index is -0.452. The molecule has 0 aliphatic heterocycles. The average Bonchev–Trinajstić information content (AvgIpc) is 2.08. The van der Waals surface area contributed by atoms with Gasteiger partial charge in [-0.05, 0) is 13.0 Å². The van der Waals surface area contributed by atoms with Crippen LogP contribution in [0.5, 0.6) is 0 Å². The van der Waals surface area contributed by atoms with Crippen LogP contribution < -0.4 is 11.1 Å². The number of halogens is 2. The predicted octanol–water partition coefficient (Wildman–Crippen LogP) is 2.41. The lowest BCUT2D eigenvalue weighted by Gasteiger charge is -2.09. The van der Waals surface area contributed by atoms with Crippen LogP contribution in [0.3, 0.4) is 0 Å². The standard InChI is InChI=1S/C8H10ClFN2/c1-4-5(9)3-6(12-2)8(11)7(4)10/h3,12H,11H2,1-2H3. The van der Waals surface area contributed by atoms with Crippen molar-refractivity contribution in [3.63, 3.8) is 0 Å².